The van der Waals surface area contributed by atoms with Crippen LogP contribution in [0.2, 0.25) is 0 Å². The van der Waals surface area contributed by atoms with E-state index in [1.807, 2.05) is 47.6 Å². The molecule has 1 aromatic rings. The molecule has 0 unspecified atom stereocenters. The topological polar surface area (TPSA) is 30.0 Å². The third-order valence-electron chi connectivity index (χ3n) is 6.40. The molecule has 0 radical (unpaired) electrons. The Bertz CT molecular complexity index is 467. The number of benzene rings is 1. The predicted molar refractivity (Wildman–Crippen MR) is 175 cm³/mol. The van der Waals surface area contributed by atoms with Gasteiger partial charge in [0.1, 0.15) is 0 Å². The van der Waals surface area contributed by atoms with Gasteiger partial charge < -0.3 is 12.4 Å². The Morgan fingerprint density at radius 1 is 0.553 bits per heavy atom. The molecule has 38 heavy (non-hydrogen) atoms. The van der Waals surface area contributed by atoms with Gasteiger partial charge in [0.2, 0.25) is 0 Å². The zero-order valence-corrected chi connectivity index (χ0v) is 31.7. The smallest absolute Gasteiger partial charge is 0.870 e. The maximum absolute atomic E-state index is 3.64. The van der Waals surface area contributed by atoms with Crippen LogP contribution in [0.25, 0.3) is 0 Å². The van der Waals surface area contributed by atoms with E-state index < -0.39 is 0 Å². The largest absolute Gasteiger partial charge is 2.00 e. The molecule has 2 saturated carbocycles. The van der Waals surface area contributed by atoms with Crippen LogP contribution in [-0.2, 0) is 21.1 Å². The Balaban J connectivity index is -0.0000000847. The monoisotopic (exact) mass is 707 g/mol. The molecule has 2 aliphatic carbocycles. The average molecular weight is 707 g/mol. The van der Waals surface area contributed by atoms with Crippen LogP contribution in [0.15, 0.2) is 30.3 Å². The van der Waals surface area contributed by atoms with Gasteiger partial charge in [0, 0.05) is 0 Å². The molecule has 3 rings (SSSR count). The van der Waals surface area contributed by atoms with E-state index in [-0.39, 0.29) is 26.5 Å². The fourth-order valence-corrected chi connectivity index (χ4v) is 4.26. The molecule has 0 spiro atoms. The van der Waals surface area contributed by atoms with Crippen molar-refractivity contribution < 1.29 is 26.5 Å². The van der Waals surface area contributed by atoms with Crippen molar-refractivity contribution in [2.24, 2.45) is 29.6 Å². The summed E-state index contributed by atoms with van der Waals surface area (Å²) in [4.78, 5) is 0. The molecule has 0 aromatic heterocycles. The SMILES string of the molecule is CC.CC.CC.CC(C)C1CCCC1.CC(C)C1CCCCC1.CC(C)c1ccccc1.[CH2-]C(C)C.[OH-].[W+2]. The van der Waals surface area contributed by atoms with Gasteiger partial charge in [0.15, 0.2) is 0 Å². The molecular formula is C36H74OW. The summed E-state index contributed by atoms with van der Waals surface area (Å²) in [6.07, 6.45) is 13.4. The van der Waals surface area contributed by atoms with E-state index in [2.05, 4.69) is 86.6 Å². The third-order valence-corrected chi connectivity index (χ3v) is 6.40. The Kier molecular flexibility index (Phi) is 52.0. The first kappa shape index (κ1) is 50.7. The van der Waals surface area contributed by atoms with Crippen molar-refractivity contribution in [3.05, 3.63) is 42.8 Å². The maximum atomic E-state index is 3.64. The van der Waals surface area contributed by atoms with E-state index in [0.717, 1.165) is 23.7 Å². The first-order valence-electron chi connectivity index (χ1n) is 16.0. The molecular weight excluding hydrogens is 632 g/mol. The van der Waals surface area contributed by atoms with E-state index in [4.69, 9.17) is 0 Å². The Hall–Kier alpha value is -0.132. The summed E-state index contributed by atoms with van der Waals surface area (Å²) in [7, 11) is 0. The van der Waals surface area contributed by atoms with Gasteiger partial charge in [-0.1, -0.05) is 185 Å². The number of rotatable bonds is 3. The molecule has 2 aliphatic rings. The van der Waals surface area contributed by atoms with Crippen LogP contribution < -0.4 is 0 Å². The summed E-state index contributed by atoms with van der Waals surface area (Å²) in [6, 6.07) is 10.5. The fourth-order valence-electron chi connectivity index (χ4n) is 4.26. The fraction of sp³-hybridized carbons (Fsp3) is 0.806. The van der Waals surface area contributed by atoms with Crippen LogP contribution in [0.5, 0.6) is 0 Å². The maximum Gasteiger partial charge on any atom is 2.00 e. The van der Waals surface area contributed by atoms with Gasteiger partial charge in [0.25, 0.3) is 0 Å². The summed E-state index contributed by atoms with van der Waals surface area (Å²) in [6.45, 7) is 33.6. The standard InChI is InChI=1S/C9H18.C9H12.C8H16.C4H9.3C2H6.H2O.W/c2*1-8(2)9-6-4-3-5-7-9;1-7(2)8-5-3-4-6-8;1-4(2)3;3*1-2;;/h8-9H,3-7H2,1-2H3;3-8H,1-2H3;7-8H,3-6H2,1-2H3;4H,1H2,2-3H3;3*1-2H3;1H2;/q;;;-1;;;;;+2/p-1. The molecule has 0 amide bonds. The molecule has 1 aromatic carbocycles. The Morgan fingerprint density at radius 3 is 1.00 bits per heavy atom. The summed E-state index contributed by atoms with van der Waals surface area (Å²) in [5.41, 5.74) is 1.41. The Labute approximate surface area is 258 Å². The van der Waals surface area contributed by atoms with Crippen molar-refractivity contribution >= 4 is 0 Å². The van der Waals surface area contributed by atoms with Crippen LogP contribution >= 0.6 is 0 Å². The third kappa shape index (κ3) is 35.9. The van der Waals surface area contributed by atoms with Gasteiger partial charge >= 0.3 is 21.1 Å². The van der Waals surface area contributed by atoms with Crippen molar-refractivity contribution in [3.8, 4) is 0 Å². The molecule has 1 nitrogen and oxygen atoms in total. The zero-order valence-electron chi connectivity index (χ0n) is 28.8. The molecule has 0 saturated heterocycles. The van der Waals surface area contributed by atoms with Crippen molar-refractivity contribution in [3.63, 3.8) is 0 Å². The van der Waals surface area contributed by atoms with Gasteiger partial charge in [-0.15, -0.1) is 0 Å². The number of hydrogen-bond acceptors (Lipinski definition) is 1. The second-order valence-corrected chi connectivity index (χ2v) is 10.9. The molecule has 2 heteroatoms. The second-order valence-electron chi connectivity index (χ2n) is 10.9. The van der Waals surface area contributed by atoms with Crippen molar-refractivity contribution in [1.82, 2.24) is 0 Å². The van der Waals surface area contributed by atoms with Crippen LogP contribution in [0.3, 0.4) is 0 Å². The van der Waals surface area contributed by atoms with E-state index in [9.17, 15) is 0 Å². The summed E-state index contributed by atoms with van der Waals surface area (Å²) < 4.78 is 0. The van der Waals surface area contributed by atoms with Crippen LogP contribution in [-0.4, -0.2) is 5.48 Å². The molecule has 230 valence electrons. The minimum Gasteiger partial charge on any atom is -0.870 e. The van der Waals surface area contributed by atoms with Gasteiger partial charge in [-0.2, -0.15) is 5.92 Å². The van der Waals surface area contributed by atoms with E-state index in [1.165, 1.54) is 63.4 Å². The molecule has 0 atom stereocenters. The van der Waals surface area contributed by atoms with Crippen LogP contribution in [0.1, 0.15) is 166 Å². The molecule has 0 heterocycles. The quantitative estimate of drug-likeness (QED) is 0.288. The van der Waals surface area contributed by atoms with Crippen LogP contribution in [0, 0.1) is 36.5 Å². The molecule has 2 fully saturated rings. The summed E-state index contributed by atoms with van der Waals surface area (Å²) in [5, 5.41) is 0. The molecule has 0 aliphatic heterocycles. The van der Waals surface area contributed by atoms with Gasteiger partial charge in [-0.25, -0.2) is 0 Å². The van der Waals surface area contributed by atoms with Gasteiger partial charge in [0.05, 0.1) is 0 Å². The van der Waals surface area contributed by atoms with Crippen molar-refractivity contribution in [1.29, 1.82) is 0 Å². The van der Waals surface area contributed by atoms with Crippen molar-refractivity contribution in [2.75, 3.05) is 0 Å². The molecule has 0 bridgehead atoms. The first-order valence-corrected chi connectivity index (χ1v) is 16.0. The van der Waals surface area contributed by atoms with E-state index in [1.54, 1.807) is 0 Å². The van der Waals surface area contributed by atoms with E-state index >= 15 is 0 Å². The van der Waals surface area contributed by atoms with Crippen molar-refractivity contribution in [2.45, 2.75) is 161 Å². The zero-order chi connectivity index (χ0) is 28.9. The van der Waals surface area contributed by atoms with Gasteiger partial charge in [-0.05, 0) is 35.2 Å². The molecule has 1 N–H and O–H groups in total. The minimum absolute atomic E-state index is 0. The average Bonchev–Trinajstić information content (AvgIpc) is 3.45. The summed E-state index contributed by atoms with van der Waals surface area (Å²) in [5.74, 6) is 5.24. The van der Waals surface area contributed by atoms with Gasteiger partial charge in [-0.3, -0.25) is 0 Å². The second kappa shape index (κ2) is 39.0. The normalized spacial score (nSPS) is 14.1. The Morgan fingerprint density at radius 2 is 0.816 bits per heavy atom. The van der Waals surface area contributed by atoms with Crippen LogP contribution in [0.4, 0.5) is 0 Å². The number of hydrogen-bond donors (Lipinski definition) is 0. The summed E-state index contributed by atoms with van der Waals surface area (Å²) >= 11 is 0. The first-order chi connectivity index (χ1) is 17.1. The minimum atomic E-state index is 0. The predicted octanol–water partition coefficient (Wildman–Crippen LogP) is 13.2. The van der Waals surface area contributed by atoms with E-state index in [0.29, 0.717) is 11.8 Å².